The minimum Gasteiger partial charge on any atom is -0.473 e. The summed E-state index contributed by atoms with van der Waals surface area (Å²) in [4.78, 5) is 43.1. The Hall–Kier alpha value is -2.32. The van der Waals surface area contributed by atoms with Gasteiger partial charge in [-0.25, -0.2) is 19.2 Å². The van der Waals surface area contributed by atoms with Crippen LogP contribution in [0.2, 0.25) is 0 Å². The number of rotatable bonds is 10. The highest BCUT2D eigenvalue weighted by atomic mass is 79.9. The van der Waals surface area contributed by atoms with Crippen molar-refractivity contribution in [2.24, 2.45) is 5.73 Å². The molecule has 0 aliphatic rings. The normalized spacial score (nSPS) is 9.58. The first-order chi connectivity index (χ1) is 16.9. The van der Waals surface area contributed by atoms with E-state index in [9.17, 15) is 0 Å². The number of halogens is 1. The first-order valence-corrected chi connectivity index (χ1v) is 13.7. The maximum absolute atomic E-state index is 9.10. The summed E-state index contributed by atoms with van der Waals surface area (Å²) in [5, 5.41) is 32.8. The number of hydrogen-bond donors (Lipinski definition) is 5. The Morgan fingerprint density at radius 2 is 1.31 bits per heavy atom. The third-order valence-electron chi connectivity index (χ3n) is 3.82. The lowest BCUT2D eigenvalue weighted by atomic mass is 10.2. The van der Waals surface area contributed by atoms with Crippen molar-refractivity contribution in [3.63, 3.8) is 0 Å². The van der Waals surface area contributed by atoms with E-state index in [2.05, 4.69) is 64.6 Å². The molecule has 0 amide bonds. The van der Waals surface area contributed by atoms with Crippen LogP contribution in [0.5, 0.6) is 0 Å². The highest BCUT2D eigenvalue weighted by molar-refractivity contribution is 9.09. The van der Waals surface area contributed by atoms with E-state index in [-0.39, 0.29) is 0 Å². The third-order valence-corrected chi connectivity index (χ3v) is 6.45. The van der Waals surface area contributed by atoms with E-state index < -0.39 is 23.9 Å². The van der Waals surface area contributed by atoms with Gasteiger partial charge in [0.15, 0.2) is 0 Å². The standard InChI is InChI=1S/C11H20N2S.C8H11BrS.2C2H2O4/c1-13(2)9-11-7-6-10(14-11)5-3-4-8-12;9-6-2-1-4-8-5-3-7-10-8;2*3-1(4)2(5)6/h6-7H,3-5,8-9,12H2,1-2H3;3,5,7H,1-2,4,6H2;2*(H,3,4)(H,5,6). The molecule has 36 heavy (non-hydrogen) atoms. The molecule has 0 unspecified atom stereocenters. The van der Waals surface area contributed by atoms with E-state index in [1.165, 1.54) is 46.7 Å². The second-order valence-corrected chi connectivity index (χ2v) is 10.4. The Kier molecular flexibility index (Phi) is 23.0. The molecular weight excluding hydrogens is 576 g/mol. The zero-order valence-electron chi connectivity index (χ0n) is 20.4. The largest absolute Gasteiger partial charge is 0.473 e. The quantitative estimate of drug-likeness (QED) is 0.150. The molecule has 13 heteroatoms. The molecule has 2 rings (SSSR count). The molecule has 2 heterocycles. The number of thiophene rings is 2. The molecule has 0 fully saturated rings. The van der Waals surface area contributed by atoms with Crippen molar-refractivity contribution >= 4 is 62.5 Å². The Morgan fingerprint density at radius 1 is 0.806 bits per heavy atom. The second-order valence-electron chi connectivity index (χ2n) is 7.30. The molecule has 6 N–H and O–H groups in total. The summed E-state index contributed by atoms with van der Waals surface area (Å²) in [6.07, 6.45) is 7.40. The van der Waals surface area contributed by atoms with E-state index in [4.69, 9.17) is 45.3 Å². The van der Waals surface area contributed by atoms with Crippen LogP contribution < -0.4 is 5.73 Å². The van der Waals surface area contributed by atoms with Crippen LogP contribution in [0.3, 0.4) is 0 Å². The molecule has 0 saturated carbocycles. The zero-order valence-corrected chi connectivity index (χ0v) is 23.6. The van der Waals surface area contributed by atoms with Crippen molar-refractivity contribution in [2.45, 2.75) is 45.1 Å². The van der Waals surface area contributed by atoms with E-state index in [1.54, 1.807) is 0 Å². The van der Waals surface area contributed by atoms with Gasteiger partial charge in [-0.3, -0.25) is 0 Å². The second kappa shape index (κ2) is 23.1. The number of carboxylic acid groups (broad SMARTS) is 4. The maximum Gasteiger partial charge on any atom is 0.414 e. The van der Waals surface area contributed by atoms with Crippen LogP contribution in [0.25, 0.3) is 0 Å². The SMILES string of the molecule is BrCCCCc1cccs1.CN(C)Cc1ccc(CCCCN)s1.O=C(O)C(=O)O.O=C(O)C(=O)O. The average molecular weight is 612 g/mol. The fourth-order valence-electron chi connectivity index (χ4n) is 2.25. The minimum absolute atomic E-state index is 0.815. The van der Waals surface area contributed by atoms with Gasteiger partial charge in [-0.1, -0.05) is 22.0 Å². The molecule has 10 nitrogen and oxygen atoms in total. The molecule has 0 saturated heterocycles. The van der Waals surface area contributed by atoms with Gasteiger partial charge in [-0.15, -0.1) is 22.7 Å². The van der Waals surface area contributed by atoms with Gasteiger partial charge < -0.3 is 31.1 Å². The monoisotopic (exact) mass is 610 g/mol. The molecule has 0 atom stereocenters. The van der Waals surface area contributed by atoms with Gasteiger partial charge in [0.05, 0.1) is 0 Å². The number of unbranched alkanes of at least 4 members (excludes halogenated alkanes) is 2. The van der Waals surface area contributed by atoms with Crippen molar-refractivity contribution in [3.05, 3.63) is 44.3 Å². The fraction of sp³-hybridized carbons (Fsp3) is 0.478. The summed E-state index contributed by atoms with van der Waals surface area (Å²) >= 11 is 7.20. The van der Waals surface area contributed by atoms with Gasteiger partial charge in [-0.2, -0.15) is 0 Å². The van der Waals surface area contributed by atoms with E-state index >= 15 is 0 Å². The van der Waals surface area contributed by atoms with Crippen LogP contribution in [0.1, 0.15) is 40.3 Å². The molecule has 0 bridgehead atoms. The first-order valence-electron chi connectivity index (χ1n) is 10.9. The van der Waals surface area contributed by atoms with Gasteiger partial charge >= 0.3 is 23.9 Å². The van der Waals surface area contributed by atoms with Crippen LogP contribution in [-0.4, -0.2) is 75.2 Å². The lowest BCUT2D eigenvalue weighted by Crippen LogP contribution is -2.09. The smallest absolute Gasteiger partial charge is 0.414 e. The van der Waals surface area contributed by atoms with Crippen LogP contribution in [-0.2, 0) is 38.6 Å². The summed E-state index contributed by atoms with van der Waals surface area (Å²) in [6.45, 7) is 1.87. The summed E-state index contributed by atoms with van der Waals surface area (Å²) in [7, 11) is 4.21. The molecule has 0 aromatic carbocycles. The Morgan fingerprint density at radius 3 is 1.72 bits per heavy atom. The van der Waals surface area contributed by atoms with E-state index in [0.717, 1.165) is 24.8 Å². The van der Waals surface area contributed by atoms with Crippen molar-refractivity contribution in [1.29, 1.82) is 0 Å². The summed E-state index contributed by atoms with van der Waals surface area (Å²) in [6, 6.07) is 8.81. The van der Waals surface area contributed by atoms with E-state index in [1.807, 2.05) is 22.7 Å². The number of carbonyl (C=O) groups is 4. The first kappa shape index (κ1) is 35.8. The average Bonchev–Trinajstić information content (AvgIpc) is 3.47. The van der Waals surface area contributed by atoms with Crippen molar-refractivity contribution in [3.8, 4) is 0 Å². The van der Waals surface area contributed by atoms with Crippen molar-refractivity contribution < 1.29 is 39.6 Å². The summed E-state index contributed by atoms with van der Waals surface area (Å²) < 4.78 is 0. The molecule has 0 radical (unpaired) electrons. The molecule has 0 spiro atoms. The van der Waals surface area contributed by atoms with Crippen molar-refractivity contribution in [1.82, 2.24) is 4.90 Å². The Labute approximate surface area is 227 Å². The Balaban J connectivity index is 0. The summed E-state index contributed by atoms with van der Waals surface area (Å²) in [5.41, 5.74) is 5.46. The van der Waals surface area contributed by atoms with Gasteiger partial charge in [0.1, 0.15) is 0 Å². The fourth-order valence-corrected chi connectivity index (χ4v) is 4.57. The predicted molar refractivity (Wildman–Crippen MR) is 145 cm³/mol. The van der Waals surface area contributed by atoms with Gasteiger partial charge in [-0.05, 0) is 82.7 Å². The van der Waals surface area contributed by atoms with Gasteiger partial charge in [0, 0.05) is 26.5 Å². The lowest BCUT2D eigenvalue weighted by molar-refractivity contribution is -0.159. The van der Waals surface area contributed by atoms with E-state index in [0.29, 0.717) is 0 Å². The van der Waals surface area contributed by atoms with Crippen LogP contribution in [0.4, 0.5) is 0 Å². The molecule has 0 aliphatic carbocycles. The molecule has 204 valence electrons. The molecule has 0 aliphatic heterocycles. The molecular formula is C23H35BrN2O8S2. The lowest BCUT2D eigenvalue weighted by Gasteiger charge is -2.05. The highest BCUT2D eigenvalue weighted by Crippen LogP contribution is 2.19. The number of aryl methyl sites for hydroxylation is 2. The predicted octanol–water partition coefficient (Wildman–Crippen LogP) is 3.87. The highest BCUT2D eigenvalue weighted by Gasteiger charge is 2.04. The molecule has 2 aromatic rings. The number of aliphatic carboxylic acids is 4. The molecule has 2 aromatic heterocycles. The number of carboxylic acids is 4. The number of nitrogens with two attached hydrogens (primary N) is 1. The van der Waals surface area contributed by atoms with Crippen LogP contribution >= 0.6 is 38.6 Å². The number of nitrogens with zero attached hydrogens (tertiary/aromatic N) is 1. The maximum atomic E-state index is 9.10. The summed E-state index contributed by atoms with van der Waals surface area (Å²) in [5.74, 6) is -7.30. The third kappa shape index (κ3) is 23.4. The topological polar surface area (TPSA) is 178 Å². The number of hydrogen-bond acceptors (Lipinski definition) is 8. The van der Waals surface area contributed by atoms with Crippen LogP contribution in [0, 0.1) is 0 Å². The Bertz CT molecular complexity index is 825. The minimum atomic E-state index is -1.82. The zero-order chi connectivity index (χ0) is 27.9. The van der Waals surface area contributed by atoms with Crippen molar-refractivity contribution in [2.75, 3.05) is 26.0 Å². The van der Waals surface area contributed by atoms with Crippen LogP contribution in [0.15, 0.2) is 29.6 Å². The van der Waals surface area contributed by atoms with Gasteiger partial charge in [0.2, 0.25) is 0 Å². The number of alkyl halides is 1. The van der Waals surface area contributed by atoms with Gasteiger partial charge in [0.25, 0.3) is 0 Å².